The van der Waals surface area contributed by atoms with Gasteiger partial charge in [0.25, 0.3) is 0 Å². The maximum Gasteiger partial charge on any atom is 0.410 e. The Morgan fingerprint density at radius 1 is 1.37 bits per heavy atom. The Labute approximate surface area is 119 Å². The van der Waals surface area contributed by atoms with E-state index in [1.807, 2.05) is 27.8 Å². The molecular formula is C15H23NO2S. The van der Waals surface area contributed by atoms with Gasteiger partial charge >= 0.3 is 6.09 Å². The molecule has 0 aromatic carbocycles. The lowest BCUT2D eigenvalue weighted by Gasteiger charge is -2.42. The highest BCUT2D eigenvalue weighted by molar-refractivity contribution is 7.08. The second kappa shape index (κ2) is 4.82. The average molecular weight is 281 g/mol. The molecule has 0 saturated heterocycles. The Balaban J connectivity index is 2.11. The zero-order chi connectivity index (χ0) is 14.3. The third-order valence-corrected chi connectivity index (χ3v) is 4.66. The highest BCUT2D eigenvalue weighted by Crippen LogP contribution is 2.34. The van der Waals surface area contributed by atoms with E-state index in [0.717, 1.165) is 19.3 Å². The molecule has 1 heterocycles. The predicted octanol–water partition coefficient (Wildman–Crippen LogP) is 3.86. The van der Waals surface area contributed by atoms with Crippen LogP contribution in [0.4, 0.5) is 4.79 Å². The number of aryl methyl sites for hydroxylation is 1. The Bertz CT molecular complexity index is 475. The van der Waals surface area contributed by atoms with Gasteiger partial charge < -0.3 is 9.64 Å². The third kappa shape index (κ3) is 3.11. The average Bonchev–Trinajstić information content (AvgIpc) is 2.72. The summed E-state index contributed by atoms with van der Waals surface area (Å²) in [6, 6.07) is 0. The van der Waals surface area contributed by atoms with Crippen molar-refractivity contribution in [3.8, 4) is 0 Å². The van der Waals surface area contributed by atoms with Gasteiger partial charge in [0.1, 0.15) is 5.60 Å². The van der Waals surface area contributed by atoms with Crippen molar-refractivity contribution in [3.05, 3.63) is 21.9 Å². The molecule has 2 rings (SSSR count). The first kappa shape index (κ1) is 14.4. The number of ether oxygens (including phenoxy) is 1. The van der Waals surface area contributed by atoms with Crippen molar-refractivity contribution in [2.24, 2.45) is 0 Å². The first-order valence-electron chi connectivity index (χ1n) is 6.72. The summed E-state index contributed by atoms with van der Waals surface area (Å²) in [5.41, 5.74) is 2.24. The molecule has 3 nitrogen and oxygen atoms in total. The highest BCUT2D eigenvalue weighted by atomic mass is 32.1. The lowest BCUT2D eigenvalue weighted by Crippen LogP contribution is -2.52. The summed E-state index contributed by atoms with van der Waals surface area (Å²) in [5.74, 6) is 0. The zero-order valence-corrected chi connectivity index (χ0v) is 13.3. The van der Waals surface area contributed by atoms with Gasteiger partial charge in [0.2, 0.25) is 0 Å². The summed E-state index contributed by atoms with van der Waals surface area (Å²) in [6.07, 6.45) is 2.73. The molecule has 1 aliphatic carbocycles. The predicted molar refractivity (Wildman–Crippen MR) is 78.7 cm³/mol. The van der Waals surface area contributed by atoms with E-state index in [1.54, 1.807) is 16.2 Å². The van der Waals surface area contributed by atoms with Crippen molar-refractivity contribution in [3.63, 3.8) is 0 Å². The molecule has 0 bridgehead atoms. The molecule has 0 radical (unpaired) electrons. The van der Waals surface area contributed by atoms with E-state index in [1.165, 1.54) is 11.1 Å². The Kier molecular flexibility index (Phi) is 3.65. The van der Waals surface area contributed by atoms with Gasteiger partial charge in [0.15, 0.2) is 0 Å². The highest BCUT2D eigenvalue weighted by Gasteiger charge is 2.38. The van der Waals surface area contributed by atoms with Crippen molar-refractivity contribution in [1.29, 1.82) is 0 Å². The van der Waals surface area contributed by atoms with E-state index >= 15 is 0 Å². The van der Waals surface area contributed by atoms with Gasteiger partial charge in [-0.25, -0.2) is 4.79 Å². The van der Waals surface area contributed by atoms with Gasteiger partial charge in [0.05, 0.1) is 0 Å². The lowest BCUT2D eigenvalue weighted by molar-refractivity contribution is 0.00556. The second-order valence-electron chi connectivity index (χ2n) is 6.64. The Morgan fingerprint density at radius 3 is 2.63 bits per heavy atom. The molecule has 1 atom stereocenters. The summed E-state index contributed by atoms with van der Waals surface area (Å²) in [6.45, 7) is 7.86. The zero-order valence-electron chi connectivity index (χ0n) is 12.4. The molecule has 0 N–H and O–H groups in total. The fourth-order valence-corrected chi connectivity index (χ4v) is 3.36. The van der Waals surface area contributed by atoms with Crippen LogP contribution in [0.5, 0.6) is 0 Å². The molecule has 1 unspecified atom stereocenters. The van der Waals surface area contributed by atoms with Crippen LogP contribution in [0.3, 0.4) is 0 Å². The summed E-state index contributed by atoms with van der Waals surface area (Å²) < 4.78 is 5.48. The summed E-state index contributed by atoms with van der Waals surface area (Å²) in [7, 11) is 1.85. The maximum absolute atomic E-state index is 12.2. The quantitative estimate of drug-likeness (QED) is 0.782. The van der Waals surface area contributed by atoms with Crippen LogP contribution in [0.1, 0.15) is 45.2 Å². The number of hydrogen-bond acceptors (Lipinski definition) is 3. The lowest BCUT2D eigenvalue weighted by atomic mass is 9.80. The molecule has 1 aromatic heterocycles. The summed E-state index contributed by atoms with van der Waals surface area (Å²) in [4.78, 5) is 14.0. The van der Waals surface area contributed by atoms with Gasteiger partial charge in [-0.15, -0.1) is 0 Å². The van der Waals surface area contributed by atoms with Crippen LogP contribution in [0.15, 0.2) is 10.8 Å². The third-order valence-electron chi connectivity index (χ3n) is 3.81. The number of rotatable bonds is 1. The van der Waals surface area contributed by atoms with E-state index in [-0.39, 0.29) is 11.6 Å². The summed E-state index contributed by atoms with van der Waals surface area (Å²) >= 11 is 1.75. The Hall–Kier alpha value is -1.03. The number of carbonyl (C=O) groups excluding carboxylic acids is 1. The van der Waals surface area contributed by atoms with E-state index < -0.39 is 5.60 Å². The number of carbonyl (C=O) groups is 1. The monoisotopic (exact) mass is 281 g/mol. The van der Waals surface area contributed by atoms with Crippen molar-refractivity contribution in [2.45, 2.75) is 58.1 Å². The van der Waals surface area contributed by atoms with Crippen LogP contribution in [0.2, 0.25) is 0 Å². The SMILES string of the molecule is CN(C(=O)OC(C)(C)C)C1(C)CCc2cscc2C1. The molecule has 0 spiro atoms. The number of thiophene rings is 1. The normalized spacial score (nSPS) is 22.8. The first-order chi connectivity index (χ1) is 8.71. The van der Waals surface area contributed by atoms with Crippen LogP contribution in [0, 0.1) is 0 Å². The van der Waals surface area contributed by atoms with Gasteiger partial charge in [-0.1, -0.05) is 0 Å². The number of nitrogens with zero attached hydrogens (tertiary/aromatic N) is 1. The van der Waals surface area contributed by atoms with Crippen LogP contribution in [-0.4, -0.2) is 29.2 Å². The van der Waals surface area contributed by atoms with Crippen molar-refractivity contribution in [2.75, 3.05) is 7.05 Å². The molecule has 0 aliphatic heterocycles. The largest absolute Gasteiger partial charge is 0.444 e. The van der Waals surface area contributed by atoms with Gasteiger partial charge in [-0.3, -0.25) is 0 Å². The van der Waals surface area contributed by atoms with E-state index in [9.17, 15) is 4.79 Å². The molecule has 1 aromatic rings. The van der Waals surface area contributed by atoms with Crippen LogP contribution in [-0.2, 0) is 17.6 Å². The fourth-order valence-electron chi connectivity index (χ4n) is 2.46. The van der Waals surface area contributed by atoms with Gasteiger partial charge in [-0.05, 0) is 68.8 Å². The van der Waals surface area contributed by atoms with Crippen molar-refractivity contribution >= 4 is 17.4 Å². The van der Waals surface area contributed by atoms with Gasteiger partial charge in [-0.2, -0.15) is 11.3 Å². The summed E-state index contributed by atoms with van der Waals surface area (Å²) in [5, 5.41) is 4.43. The Morgan fingerprint density at radius 2 is 2.00 bits per heavy atom. The molecule has 0 fully saturated rings. The molecule has 0 saturated carbocycles. The minimum atomic E-state index is -0.441. The van der Waals surface area contributed by atoms with Crippen molar-refractivity contribution < 1.29 is 9.53 Å². The minimum absolute atomic E-state index is 0.142. The molecule has 19 heavy (non-hydrogen) atoms. The molecule has 106 valence electrons. The molecule has 4 heteroatoms. The molecule has 1 amide bonds. The number of amides is 1. The first-order valence-corrected chi connectivity index (χ1v) is 7.66. The smallest absolute Gasteiger partial charge is 0.410 e. The number of hydrogen-bond donors (Lipinski definition) is 0. The standard InChI is InChI=1S/C15H23NO2S/c1-14(2,3)18-13(17)16(5)15(4)7-6-11-9-19-10-12(11)8-15/h9-10H,6-8H2,1-5H3. The van der Waals surface area contributed by atoms with E-state index in [4.69, 9.17) is 4.74 Å². The molecular weight excluding hydrogens is 258 g/mol. The minimum Gasteiger partial charge on any atom is -0.444 e. The topological polar surface area (TPSA) is 29.5 Å². The van der Waals surface area contributed by atoms with Gasteiger partial charge in [0, 0.05) is 12.6 Å². The molecule has 1 aliphatic rings. The number of fused-ring (bicyclic) bond motifs is 1. The van der Waals surface area contributed by atoms with Crippen LogP contribution >= 0.6 is 11.3 Å². The second-order valence-corrected chi connectivity index (χ2v) is 7.38. The number of likely N-dealkylation sites (N-methyl/N-ethyl adjacent to an activating group) is 1. The van der Waals surface area contributed by atoms with Crippen LogP contribution < -0.4 is 0 Å². The fraction of sp³-hybridized carbons (Fsp3) is 0.667. The van der Waals surface area contributed by atoms with E-state index in [0.29, 0.717) is 0 Å². The van der Waals surface area contributed by atoms with Crippen LogP contribution in [0.25, 0.3) is 0 Å². The van der Waals surface area contributed by atoms with E-state index in [2.05, 4.69) is 17.7 Å². The van der Waals surface area contributed by atoms with Crippen molar-refractivity contribution in [1.82, 2.24) is 4.90 Å². The maximum atomic E-state index is 12.2.